The highest BCUT2D eigenvalue weighted by Gasteiger charge is 2.81. The molecule has 15 unspecified atom stereocenters. The van der Waals surface area contributed by atoms with Crippen molar-refractivity contribution in [1.82, 2.24) is 0 Å². The smallest absolute Gasteiger partial charge is 0.159 e. The summed E-state index contributed by atoms with van der Waals surface area (Å²) in [6, 6.07) is 0. The van der Waals surface area contributed by atoms with Crippen LogP contribution in [0.25, 0.3) is 0 Å². The predicted octanol–water partition coefficient (Wildman–Crippen LogP) is 5.11. The Balaban J connectivity index is 1.35. The summed E-state index contributed by atoms with van der Waals surface area (Å²) in [4.78, 5) is 15.0. The second-order valence-electron chi connectivity index (χ2n) is 18.9. The minimum Gasteiger partial charge on any atom is -0.394 e. The second kappa shape index (κ2) is 9.39. The quantitative estimate of drug-likeness (QED) is 0.214. The Morgan fingerprint density at radius 3 is 2.50 bits per heavy atom. The van der Waals surface area contributed by atoms with Crippen LogP contribution < -0.4 is 0 Å². The Hall–Kier alpha value is -1.49. The molecule has 0 aromatic heterocycles. The molecule has 252 valence electrons. The Bertz CT molecular complexity index is 1480. The minimum atomic E-state index is -1.28. The molecule has 2 bridgehead atoms. The molecule has 0 amide bonds. The minimum absolute atomic E-state index is 0.00707. The van der Waals surface area contributed by atoms with Crippen molar-refractivity contribution in [3.8, 4) is 11.8 Å². The average molecular weight is 633 g/mol. The summed E-state index contributed by atoms with van der Waals surface area (Å²) in [7, 11) is 0. The number of ketones is 1. The molecule has 6 nitrogen and oxygen atoms in total. The first-order valence-electron chi connectivity index (χ1n) is 18.3. The third kappa shape index (κ3) is 3.28. The van der Waals surface area contributed by atoms with Crippen molar-refractivity contribution in [3.05, 3.63) is 23.8 Å². The van der Waals surface area contributed by atoms with Gasteiger partial charge in [-0.15, -0.1) is 5.92 Å². The van der Waals surface area contributed by atoms with Gasteiger partial charge in [0.05, 0.1) is 29.8 Å². The summed E-state index contributed by atoms with van der Waals surface area (Å²) in [6.45, 7) is 10.7. The van der Waals surface area contributed by atoms with E-state index in [4.69, 9.17) is 0 Å². The maximum absolute atomic E-state index is 15.0. The van der Waals surface area contributed by atoms with Gasteiger partial charge in [-0.1, -0.05) is 64.7 Å². The number of hydrogen-bond donors (Lipinski definition) is 5. The van der Waals surface area contributed by atoms with E-state index < -0.39 is 57.6 Å². The van der Waals surface area contributed by atoms with E-state index in [1.54, 1.807) is 0 Å². The van der Waals surface area contributed by atoms with E-state index in [0.29, 0.717) is 19.3 Å². The Kier molecular flexibility index (Phi) is 6.48. The standard InChI is InChI=1S/C40H56O6/c1-33-14-7-6-10-30(44)40-26(20-33)25-19-27(42)32-34(2)16-13-29(43)37(5,31(45)21-41)28(34)12-17-35(32,3)36(25,4)23-39(40,46)18-11-24-9-8-15-38(24,40)22-33/h11,18-19,24,26,28-32,41,43-46H,7-9,12-17,20-23H2,1-5H3. The first kappa shape index (κ1) is 31.8. The summed E-state index contributed by atoms with van der Waals surface area (Å²) in [5.74, 6) is 6.41. The number of aliphatic hydroxyl groups excluding tert-OH is 4. The van der Waals surface area contributed by atoms with Crippen molar-refractivity contribution in [2.24, 2.45) is 61.6 Å². The molecule has 6 heteroatoms. The van der Waals surface area contributed by atoms with Crippen LogP contribution in [0, 0.1) is 73.4 Å². The van der Waals surface area contributed by atoms with Crippen molar-refractivity contribution >= 4 is 5.78 Å². The molecular formula is C40H56O6. The van der Waals surface area contributed by atoms with Gasteiger partial charge in [-0.2, -0.15) is 0 Å². The number of fused-ring (bicyclic) bond motifs is 8. The molecule has 5 fully saturated rings. The largest absolute Gasteiger partial charge is 0.394 e. The molecule has 9 rings (SSSR count). The van der Waals surface area contributed by atoms with Crippen LogP contribution in [-0.2, 0) is 4.79 Å². The lowest BCUT2D eigenvalue weighted by molar-refractivity contribution is -0.290. The van der Waals surface area contributed by atoms with E-state index in [1.807, 2.05) is 13.0 Å². The van der Waals surface area contributed by atoms with Gasteiger partial charge < -0.3 is 25.5 Å². The Labute approximate surface area is 275 Å². The van der Waals surface area contributed by atoms with Gasteiger partial charge in [0.15, 0.2) is 5.78 Å². The van der Waals surface area contributed by atoms with Crippen LogP contribution in [0.2, 0.25) is 0 Å². The highest BCUT2D eigenvalue weighted by atomic mass is 16.3. The number of aliphatic hydroxyl groups is 5. The maximum Gasteiger partial charge on any atom is 0.159 e. The zero-order valence-electron chi connectivity index (χ0n) is 28.6. The van der Waals surface area contributed by atoms with Gasteiger partial charge in [-0.3, -0.25) is 4.79 Å². The van der Waals surface area contributed by atoms with Crippen LogP contribution in [0.4, 0.5) is 0 Å². The lowest BCUT2D eigenvalue weighted by Gasteiger charge is -2.77. The van der Waals surface area contributed by atoms with Gasteiger partial charge in [0.2, 0.25) is 0 Å². The molecule has 2 spiro atoms. The molecule has 0 radical (unpaired) electrons. The molecule has 9 aliphatic rings. The van der Waals surface area contributed by atoms with Gasteiger partial charge in [0.25, 0.3) is 0 Å². The molecule has 0 aromatic rings. The van der Waals surface area contributed by atoms with Gasteiger partial charge in [-0.05, 0) is 115 Å². The van der Waals surface area contributed by atoms with Crippen molar-refractivity contribution in [2.45, 2.75) is 136 Å². The van der Waals surface area contributed by atoms with Crippen LogP contribution in [0.3, 0.4) is 0 Å². The Morgan fingerprint density at radius 2 is 1.76 bits per heavy atom. The third-order valence-corrected chi connectivity index (χ3v) is 17.3. The van der Waals surface area contributed by atoms with Crippen molar-refractivity contribution in [3.63, 3.8) is 0 Å². The number of rotatable bonds is 2. The van der Waals surface area contributed by atoms with E-state index >= 15 is 4.79 Å². The van der Waals surface area contributed by atoms with Crippen molar-refractivity contribution in [2.75, 3.05) is 6.61 Å². The molecular weight excluding hydrogens is 576 g/mol. The van der Waals surface area contributed by atoms with E-state index in [0.717, 1.165) is 63.4 Å². The fourth-order valence-electron chi connectivity index (χ4n) is 15.5. The molecule has 0 aliphatic heterocycles. The highest BCUT2D eigenvalue weighted by Crippen LogP contribution is 2.83. The molecule has 5 N–H and O–H groups in total. The van der Waals surface area contributed by atoms with E-state index in [9.17, 15) is 25.5 Å². The molecule has 15 atom stereocenters. The van der Waals surface area contributed by atoms with Crippen LogP contribution in [0.5, 0.6) is 0 Å². The molecule has 0 heterocycles. The second-order valence-corrected chi connectivity index (χ2v) is 18.9. The van der Waals surface area contributed by atoms with E-state index in [-0.39, 0.29) is 40.3 Å². The number of carbonyl (C=O) groups is 1. The molecule has 5 saturated carbocycles. The van der Waals surface area contributed by atoms with Crippen LogP contribution in [-0.4, -0.2) is 61.8 Å². The lowest BCUT2D eigenvalue weighted by atomic mass is 9.27. The van der Waals surface area contributed by atoms with Gasteiger partial charge in [0.1, 0.15) is 6.10 Å². The van der Waals surface area contributed by atoms with Crippen molar-refractivity contribution in [1.29, 1.82) is 0 Å². The monoisotopic (exact) mass is 632 g/mol. The maximum atomic E-state index is 15.0. The number of allylic oxidation sites excluding steroid dienone is 3. The summed E-state index contributed by atoms with van der Waals surface area (Å²) >= 11 is 0. The van der Waals surface area contributed by atoms with Crippen LogP contribution in [0.1, 0.15) is 112 Å². The van der Waals surface area contributed by atoms with Gasteiger partial charge in [-0.25, -0.2) is 0 Å². The third-order valence-electron chi connectivity index (χ3n) is 17.3. The van der Waals surface area contributed by atoms with Gasteiger partial charge in [0, 0.05) is 17.8 Å². The van der Waals surface area contributed by atoms with Crippen molar-refractivity contribution < 1.29 is 30.3 Å². The molecule has 9 aliphatic carbocycles. The highest BCUT2D eigenvalue weighted by molar-refractivity contribution is 5.96. The normalized spacial score (nSPS) is 58.8. The summed E-state index contributed by atoms with van der Waals surface area (Å²) in [5.41, 5.74) is -3.70. The first-order chi connectivity index (χ1) is 21.5. The summed E-state index contributed by atoms with van der Waals surface area (Å²) in [5, 5.41) is 58.5. The van der Waals surface area contributed by atoms with Gasteiger partial charge >= 0.3 is 0 Å². The van der Waals surface area contributed by atoms with E-state index in [2.05, 4.69) is 51.7 Å². The Morgan fingerprint density at radius 1 is 1.00 bits per heavy atom. The topological polar surface area (TPSA) is 118 Å². The molecule has 0 aromatic carbocycles. The predicted molar refractivity (Wildman–Crippen MR) is 175 cm³/mol. The fraction of sp³-hybridized carbons (Fsp3) is 0.825. The molecule has 46 heavy (non-hydrogen) atoms. The first-order valence-corrected chi connectivity index (χ1v) is 18.3. The van der Waals surface area contributed by atoms with Crippen LogP contribution in [0.15, 0.2) is 23.8 Å². The van der Waals surface area contributed by atoms with Crippen LogP contribution >= 0.6 is 0 Å². The summed E-state index contributed by atoms with van der Waals surface area (Å²) in [6.07, 6.45) is 13.2. The van der Waals surface area contributed by atoms with E-state index in [1.165, 1.54) is 0 Å². The summed E-state index contributed by atoms with van der Waals surface area (Å²) < 4.78 is 0. The fourth-order valence-corrected chi connectivity index (χ4v) is 15.5. The zero-order valence-corrected chi connectivity index (χ0v) is 28.6. The number of hydrogen-bond acceptors (Lipinski definition) is 6. The zero-order chi connectivity index (χ0) is 32.9. The number of carbonyl (C=O) groups excluding carboxylic acids is 1. The SMILES string of the molecule is CC12CCC#CC(O)C34C(C1)C1=CC(=O)C5C6(C)CCC(O)C(C)(C(O)CO)C6CCC5(C)C1(C)CC3(O)C=CC1CCCC14C2. The molecule has 0 saturated heterocycles. The lowest BCUT2D eigenvalue weighted by Crippen LogP contribution is -2.78. The average Bonchev–Trinajstić information content (AvgIpc) is 3.42.